The molecule has 0 aliphatic carbocycles. The number of benzene rings is 3. The Labute approximate surface area is 229 Å². The Morgan fingerprint density at radius 1 is 0.737 bits per heavy atom. The number of aryl methyl sites for hydroxylation is 3. The zero-order valence-electron chi connectivity index (χ0n) is 24.0. The van der Waals surface area contributed by atoms with Crippen LogP contribution in [0, 0.1) is 20.8 Å². The first-order valence-electron chi connectivity index (χ1n) is 13.7. The normalized spacial score (nSPS) is 17.8. The van der Waals surface area contributed by atoms with E-state index >= 15 is 0 Å². The summed E-state index contributed by atoms with van der Waals surface area (Å²) in [6, 6.07) is 26.7. The summed E-state index contributed by atoms with van der Waals surface area (Å²) in [5.74, 6) is 0.0664. The number of carbonyl (C=O) groups excluding carboxylic acids is 1. The lowest BCUT2D eigenvalue weighted by Gasteiger charge is -2.50. The summed E-state index contributed by atoms with van der Waals surface area (Å²) in [5, 5.41) is 21.2. The van der Waals surface area contributed by atoms with Crippen molar-refractivity contribution in [2.45, 2.75) is 84.8 Å². The summed E-state index contributed by atoms with van der Waals surface area (Å²) in [7, 11) is -2.10. The first kappa shape index (κ1) is 28.5. The Bertz CT molecular complexity index is 1120. The molecule has 0 atom stereocenters. The number of carbonyl (C=O) groups is 1. The fourth-order valence-corrected chi connectivity index (χ4v) is 10.3. The lowest BCUT2D eigenvalue weighted by molar-refractivity contribution is -0.290. The number of hydrogen-bond acceptors (Lipinski definition) is 2. The van der Waals surface area contributed by atoms with E-state index in [-0.39, 0.29) is 11.9 Å². The van der Waals surface area contributed by atoms with Gasteiger partial charge in [0.1, 0.15) is 23.2 Å². The van der Waals surface area contributed by atoms with Crippen molar-refractivity contribution in [2.24, 2.45) is 0 Å². The molecule has 1 N–H and O–H groups in total. The molecule has 4 rings (SSSR count). The molecule has 0 spiro atoms. The van der Waals surface area contributed by atoms with Crippen LogP contribution in [0.2, 0.25) is 0 Å². The minimum absolute atomic E-state index is 0.0106. The molecule has 0 unspecified atom stereocenters. The quantitative estimate of drug-likeness (QED) is 0.394. The highest BCUT2D eigenvalue weighted by molar-refractivity contribution is 7.95. The molecule has 1 saturated heterocycles. The topological polar surface area (TPSA) is 52.2 Å². The summed E-state index contributed by atoms with van der Waals surface area (Å²) >= 11 is 0. The van der Waals surface area contributed by atoms with Crippen LogP contribution in [0.4, 0.5) is 0 Å². The lowest BCUT2D eigenvalue weighted by atomic mass is 9.79. The maximum atomic E-state index is 13.5. The van der Waals surface area contributed by atoms with E-state index in [0.717, 1.165) is 6.16 Å². The predicted octanol–water partition coefficient (Wildman–Crippen LogP) is 5.78. The number of hydroxylamine groups is 2. The Hall–Kier alpha value is -2.52. The first-order chi connectivity index (χ1) is 17.8. The van der Waals surface area contributed by atoms with Gasteiger partial charge in [-0.05, 0) is 97.7 Å². The monoisotopic (exact) mass is 530 g/mol. The minimum Gasteiger partial charge on any atom is -0.353 e. The molecule has 3 aromatic carbocycles. The maximum absolute atomic E-state index is 13.5. The average molecular weight is 531 g/mol. The van der Waals surface area contributed by atoms with Crippen molar-refractivity contribution in [1.29, 1.82) is 0 Å². The van der Waals surface area contributed by atoms with Crippen molar-refractivity contribution in [2.75, 3.05) is 6.16 Å². The molecule has 4 nitrogen and oxygen atoms in total. The van der Waals surface area contributed by atoms with E-state index in [1.807, 2.05) is 27.7 Å². The molecule has 0 bridgehead atoms. The number of nitrogens with one attached hydrogen (secondary N) is 1. The second-order valence-corrected chi connectivity index (χ2v) is 16.0. The van der Waals surface area contributed by atoms with Crippen molar-refractivity contribution in [3.63, 3.8) is 0 Å². The molecule has 1 fully saturated rings. The smallest absolute Gasteiger partial charge is 0.223 e. The molecule has 1 radical (unpaired) electrons. The number of rotatable bonds is 7. The second-order valence-electron chi connectivity index (χ2n) is 12.4. The zero-order chi connectivity index (χ0) is 27.7. The largest absolute Gasteiger partial charge is 0.353 e. The Morgan fingerprint density at radius 2 is 1.08 bits per heavy atom. The van der Waals surface area contributed by atoms with Crippen LogP contribution >= 0.6 is 7.26 Å². The van der Waals surface area contributed by atoms with Crippen molar-refractivity contribution in [3.05, 3.63) is 89.5 Å². The summed E-state index contributed by atoms with van der Waals surface area (Å²) in [5.41, 5.74) is 2.66. The van der Waals surface area contributed by atoms with Crippen molar-refractivity contribution >= 4 is 29.1 Å². The minimum atomic E-state index is -2.10. The molecule has 38 heavy (non-hydrogen) atoms. The molecule has 0 saturated carbocycles. The van der Waals surface area contributed by atoms with E-state index in [1.54, 1.807) is 0 Å². The standard InChI is InChI=1S/C33H42N2O2P/c1-24-8-14-28(15-9-24)38(29-16-10-25(2)11-17-29,30-18-12-26(3)13-19-30)21-20-31(36)34-27-22-32(4,5)35(37)33(6,7)23-27/h8-19,27H,20-23H2,1-7H3/p+1. The van der Waals surface area contributed by atoms with Gasteiger partial charge in [-0.25, -0.2) is 0 Å². The van der Waals surface area contributed by atoms with Gasteiger partial charge in [0, 0.05) is 17.1 Å². The molecular formula is C33H43N2O2P+. The van der Waals surface area contributed by atoms with Crippen LogP contribution in [0.1, 0.15) is 63.6 Å². The van der Waals surface area contributed by atoms with Crippen LogP contribution in [-0.4, -0.2) is 34.3 Å². The molecule has 5 heteroatoms. The average Bonchev–Trinajstić information content (AvgIpc) is 2.85. The fraction of sp³-hybridized carbons (Fsp3) is 0.424. The predicted molar refractivity (Wildman–Crippen MR) is 161 cm³/mol. The maximum Gasteiger partial charge on any atom is 0.223 e. The molecule has 1 amide bonds. The van der Waals surface area contributed by atoms with Gasteiger partial charge in [-0.3, -0.25) is 4.79 Å². The van der Waals surface area contributed by atoms with Gasteiger partial charge in [-0.1, -0.05) is 53.1 Å². The Kier molecular flexibility index (Phi) is 8.19. The van der Waals surface area contributed by atoms with Crippen molar-refractivity contribution in [1.82, 2.24) is 10.4 Å². The van der Waals surface area contributed by atoms with E-state index in [4.69, 9.17) is 0 Å². The van der Waals surface area contributed by atoms with Crippen LogP contribution in [0.3, 0.4) is 0 Å². The van der Waals surface area contributed by atoms with Crippen molar-refractivity contribution < 1.29 is 10.0 Å². The van der Waals surface area contributed by atoms with E-state index in [1.165, 1.54) is 37.7 Å². The summed E-state index contributed by atoms with van der Waals surface area (Å²) in [6.07, 6.45) is 2.49. The van der Waals surface area contributed by atoms with Gasteiger partial charge in [-0.15, -0.1) is 10.3 Å². The molecule has 1 aliphatic rings. The molecular weight excluding hydrogens is 487 g/mol. The van der Waals surface area contributed by atoms with E-state index < -0.39 is 18.3 Å². The Balaban J connectivity index is 1.69. The summed E-state index contributed by atoms with van der Waals surface area (Å²) in [6.45, 7) is 14.2. The second kappa shape index (κ2) is 10.9. The zero-order valence-corrected chi connectivity index (χ0v) is 24.9. The van der Waals surface area contributed by atoms with Crippen LogP contribution < -0.4 is 21.2 Å². The number of hydrogen-bond donors (Lipinski definition) is 1. The van der Waals surface area contributed by atoms with Crippen LogP contribution in [-0.2, 0) is 10.0 Å². The highest BCUT2D eigenvalue weighted by atomic mass is 31.2. The first-order valence-corrected chi connectivity index (χ1v) is 15.7. The highest BCUT2D eigenvalue weighted by Crippen LogP contribution is 2.56. The molecule has 3 aromatic rings. The van der Waals surface area contributed by atoms with Gasteiger partial charge in [0.05, 0.1) is 12.6 Å². The fourth-order valence-electron chi connectivity index (χ4n) is 6.17. The summed E-state index contributed by atoms with van der Waals surface area (Å²) < 4.78 is 0. The third-order valence-corrected chi connectivity index (χ3v) is 12.5. The molecule has 1 aliphatic heterocycles. The van der Waals surface area contributed by atoms with Crippen LogP contribution in [0.15, 0.2) is 72.8 Å². The third-order valence-electron chi connectivity index (χ3n) is 8.06. The number of amides is 1. The number of piperidine rings is 1. The van der Waals surface area contributed by atoms with E-state index in [9.17, 15) is 10.0 Å². The third kappa shape index (κ3) is 5.88. The number of nitrogens with zero attached hydrogens (tertiary/aromatic N) is 1. The van der Waals surface area contributed by atoms with Gasteiger partial charge in [0.2, 0.25) is 5.91 Å². The Morgan fingerprint density at radius 3 is 1.42 bits per heavy atom. The van der Waals surface area contributed by atoms with Gasteiger partial charge in [0.15, 0.2) is 0 Å². The van der Waals surface area contributed by atoms with Gasteiger partial charge in [0.25, 0.3) is 0 Å². The van der Waals surface area contributed by atoms with Gasteiger partial charge in [-0.2, -0.15) is 0 Å². The van der Waals surface area contributed by atoms with E-state index in [2.05, 4.69) is 98.9 Å². The van der Waals surface area contributed by atoms with E-state index in [0.29, 0.717) is 19.3 Å². The van der Waals surface area contributed by atoms with Crippen LogP contribution in [0.5, 0.6) is 0 Å². The molecule has 0 aromatic heterocycles. The van der Waals surface area contributed by atoms with Crippen molar-refractivity contribution in [3.8, 4) is 0 Å². The van der Waals surface area contributed by atoms with Crippen LogP contribution in [0.25, 0.3) is 0 Å². The van der Waals surface area contributed by atoms with Gasteiger partial charge >= 0.3 is 0 Å². The SMILES string of the molecule is Cc1ccc([P+](CCC(=O)NC2CC(C)(C)N([O])C(C)(C)C2)(c2ccc(C)cc2)c2ccc(C)cc2)cc1. The van der Waals surface area contributed by atoms with Gasteiger partial charge < -0.3 is 5.32 Å². The summed E-state index contributed by atoms with van der Waals surface area (Å²) in [4.78, 5) is 13.5. The molecule has 201 valence electrons. The highest BCUT2D eigenvalue weighted by Gasteiger charge is 2.48. The molecule has 1 heterocycles. The lowest BCUT2D eigenvalue weighted by Crippen LogP contribution is -2.62.